The van der Waals surface area contributed by atoms with Crippen molar-refractivity contribution in [1.29, 1.82) is 0 Å². The molecular formula is C21H18ClN3O3. The van der Waals surface area contributed by atoms with Crippen LogP contribution in [-0.2, 0) is 6.54 Å². The smallest absolute Gasteiger partial charge is 0.257 e. The van der Waals surface area contributed by atoms with Gasteiger partial charge in [-0.05, 0) is 54.4 Å². The number of carbonyl (C=O) groups is 1. The fraction of sp³-hybridized carbons (Fsp3) is 0.143. The summed E-state index contributed by atoms with van der Waals surface area (Å²) < 4.78 is 10.7. The zero-order valence-corrected chi connectivity index (χ0v) is 15.9. The van der Waals surface area contributed by atoms with E-state index in [0.29, 0.717) is 22.8 Å². The molecular weight excluding hydrogens is 378 g/mol. The van der Waals surface area contributed by atoms with Crippen LogP contribution in [0, 0.1) is 6.92 Å². The lowest BCUT2D eigenvalue weighted by atomic mass is 10.1. The van der Waals surface area contributed by atoms with Gasteiger partial charge < -0.3 is 20.1 Å². The number of amides is 1. The number of rotatable bonds is 5. The molecule has 4 rings (SSSR count). The number of halogens is 1. The molecule has 1 aliphatic rings. The molecule has 0 atom stereocenters. The first-order chi connectivity index (χ1) is 13.6. The highest BCUT2D eigenvalue weighted by Gasteiger charge is 2.13. The van der Waals surface area contributed by atoms with Crippen molar-refractivity contribution >= 4 is 28.9 Å². The Bertz CT molecular complexity index is 1040. The molecule has 1 aliphatic heterocycles. The summed E-state index contributed by atoms with van der Waals surface area (Å²) in [5.41, 5.74) is 3.86. The van der Waals surface area contributed by atoms with Crippen molar-refractivity contribution in [2.24, 2.45) is 0 Å². The first-order valence-electron chi connectivity index (χ1n) is 8.73. The Hall–Kier alpha value is -3.25. The Morgan fingerprint density at radius 3 is 2.82 bits per heavy atom. The summed E-state index contributed by atoms with van der Waals surface area (Å²) in [4.78, 5) is 16.7. The molecule has 0 saturated carbocycles. The molecule has 2 N–H and O–H groups in total. The number of aryl methyl sites for hydroxylation is 1. The summed E-state index contributed by atoms with van der Waals surface area (Å²) in [5.74, 6) is 1.26. The Labute approximate surface area is 167 Å². The zero-order valence-electron chi connectivity index (χ0n) is 15.2. The third-order valence-corrected chi connectivity index (χ3v) is 4.61. The van der Waals surface area contributed by atoms with E-state index in [0.717, 1.165) is 28.3 Å². The van der Waals surface area contributed by atoms with Crippen LogP contribution < -0.4 is 20.1 Å². The van der Waals surface area contributed by atoms with Gasteiger partial charge in [-0.15, -0.1) is 0 Å². The van der Waals surface area contributed by atoms with Crippen molar-refractivity contribution in [3.8, 4) is 11.5 Å². The number of hydrogen-bond donors (Lipinski definition) is 2. The molecule has 0 radical (unpaired) electrons. The summed E-state index contributed by atoms with van der Waals surface area (Å²) in [6.07, 6.45) is 3.21. The predicted octanol–water partition coefficient (Wildman–Crippen LogP) is 4.64. The maximum atomic E-state index is 12.6. The summed E-state index contributed by atoms with van der Waals surface area (Å²) in [7, 11) is 0. The lowest BCUT2D eigenvalue weighted by molar-refractivity contribution is 0.102. The average Bonchev–Trinajstić information content (AvgIpc) is 3.16. The van der Waals surface area contributed by atoms with Gasteiger partial charge in [0.15, 0.2) is 11.5 Å². The van der Waals surface area contributed by atoms with Gasteiger partial charge in [0.2, 0.25) is 6.79 Å². The van der Waals surface area contributed by atoms with Crippen molar-refractivity contribution in [2.45, 2.75) is 13.5 Å². The Morgan fingerprint density at radius 2 is 1.96 bits per heavy atom. The lowest BCUT2D eigenvalue weighted by Gasteiger charge is -2.11. The molecule has 0 fully saturated rings. The highest BCUT2D eigenvalue weighted by atomic mass is 35.5. The molecule has 0 unspecified atom stereocenters. The molecule has 0 saturated heterocycles. The SMILES string of the molecule is Cc1cc(Cl)ccc1NC(=O)c1cncc(NCc2ccc3c(c2)OCO3)c1. The normalized spacial score (nSPS) is 11.9. The number of nitrogens with zero attached hydrogens (tertiary/aromatic N) is 1. The molecule has 1 aromatic heterocycles. The molecule has 2 aromatic carbocycles. The number of aromatic nitrogens is 1. The third kappa shape index (κ3) is 4.02. The van der Waals surface area contributed by atoms with Gasteiger partial charge in [0.25, 0.3) is 5.91 Å². The summed E-state index contributed by atoms with van der Waals surface area (Å²) in [6.45, 7) is 2.71. The van der Waals surface area contributed by atoms with Gasteiger partial charge >= 0.3 is 0 Å². The number of fused-ring (bicyclic) bond motifs is 1. The van der Waals surface area contributed by atoms with Crippen LogP contribution in [0.3, 0.4) is 0 Å². The first-order valence-corrected chi connectivity index (χ1v) is 9.11. The van der Waals surface area contributed by atoms with Crippen LogP contribution in [-0.4, -0.2) is 17.7 Å². The van der Waals surface area contributed by atoms with E-state index in [9.17, 15) is 4.79 Å². The molecule has 0 aliphatic carbocycles. The number of anilines is 2. The van der Waals surface area contributed by atoms with Crippen LogP contribution in [0.5, 0.6) is 11.5 Å². The van der Waals surface area contributed by atoms with Crippen LogP contribution in [0.1, 0.15) is 21.5 Å². The molecule has 1 amide bonds. The highest BCUT2D eigenvalue weighted by molar-refractivity contribution is 6.30. The second-order valence-corrected chi connectivity index (χ2v) is 6.85. The summed E-state index contributed by atoms with van der Waals surface area (Å²) in [6, 6.07) is 12.9. The van der Waals surface area contributed by atoms with E-state index in [-0.39, 0.29) is 12.7 Å². The number of ether oxygens (including phenoxy) is 2. The second-order valence-electron chi connectivity index (χ2n) is 6.42. The maximum absolute atomic E-state index is 12.6. The Morgan fingerprint density at radius 1 is 1.11 bits per heavy atom. The van der Waals surface area contributed by atoms with Crippen LogP contribution in [0.2, 0.25) is 5.02 Å². The van der Waals surface area contributed by atoms with E-state index >= 15 is 0 Å². The van der Waals surface area contributed by atoms with Gasteiger partial charge in [-0.3, -0.25) is 9.78 Å². The molecule has 28 heavy (non-hydrogen) atoms. The molecule has 2 heterocycles. The van der Waals surface area contributed by atoms with Gasteiger partial charge in [-0.25, -0.2) is 0 Å². The van der Waals surface area contributed by atoms with Crippen LogP contribution >= 0.6 is 11.6 Å². The number of nitrogens with one attached hydrogen (secondary N) is 2. The minimum atomic E-state index is -0.232. The standard InChI is InChI=1S/C21H18ClN3O3/c1-13-6-16(22)3-4-18(13)25-21(26)15-8-17(11-23-10-15)24-9-14-2-5-19-20(7-14)28-12-27-19/h2-8,10-11,24H,9,12H2,1H3,(H,25,26). The van der Waals surface area contributed by atoms with E-state index in [1.54, 1.807) is 30.5 Å². The van der Waals surface area contributed by atoms with E-state index < -0.39 is 0 Å². The van der Waals surface area contributed by atoms with Crippen molar-refractivity contribution in [2.75, 3.05) is 17.4 Å². The Kier molecular flexibility index (Phi) is 5.04. The van der Waals surface area contributed by atoms with E-state index in [1.807, 2.05) is 25.1 Å². The quantitative estimate of drug-likeness (QED) is 0.658. The fourth-order valence-corrected chi connectivity index (χ4v) is 3.10. The monoisotopic (exact) mass is 395 g/mol. The minimum absolute atomic E-state index is 0.232. The van der Waals surface area contributed by atoms with Gasteiger partial charge in [0, 0.05) is 29.6 Å². The van der Waals surface area contributed by atoms with Crippen molar-refractivity contribution in [3.63, 3.8) is 0 Å². The topological polar surface area (TPSA) is 72.5 Å². The number of carbonyl (C=O) groups excluding carboxylic acids is 1. The molecule has 0 spiro atoms. The molecule has 142 valence electrons. The van der Waals surface area contributed by atoms with Crippen LogP contribution in [0.15, 0.2) is 54.9 Å². The Balaban J connectivity index is 1.43. The largest absolute Gasteiger partial charge is 0.454 e. The summed E-state index contributed by atoms with van der Waals surface area (Å²) in [5, 5.41) is 6.79. The third-order valence-electron chi connectivity index (χ3n) is 4.37. The molecule has 3 aromatic rings. The predicted molar refractivity (Wildman–Crippen MR) is 108 cm³/mol. The van der Waals surface area contributed by atoms with Crippen molar-refractivity contribution in [1.82, 2.24) is 4.98 Å². The average molecular weight is 396 g/mol. The van der Waals surface area contributed by atoms with Gasteiger partial charge in [-0.2, -0.15) is 0 Å². The van der Waals surface area contributed by atoms with E-state index in [4.69, 9.17) is 21.1 Å². The second kappa shape index (κ2) is 7.78. The fourth-order valence-electron chi connectivity index (χ4n) is 2.88. The van der Waals surface area contributed by atoms with Crippen molar-refractivity contribution in [3.05, 3.63) is 76.6 Å². The molecule has 0 bridgehead atoms. The molecule has 6 nitrogen and oxygen atoms in total. The maximum Gasteiger partial charge on any atom is 0.257 e. The highest BCUT2D eigenvalue weighted by Crippen LogP contribution is 2.32. The van der Waals surface area contributed by atoms with Gasteiger partial charge in [0.1, 0.15) is 0 Å². The van der Waals surface area contributed by atoms with E-state index in [1.165, 1.54) is 6.20 Å². The number of benzene rings is 2. The number of pyridine rings is 1. The van der Waals surface area contributed by atoms with Crippen LogP contribution in [0.4, 0.5) is 11.4 Å². The summed E-state index contributed by atoms with van der Waals surface area (Å²) >= 11 is 5.96. The van der Waals surface area contributed by atoms with E-state index in [2.05, 4.69) is 15.6 Å². The number of hydrogen-bond acceptors (Lipinski definition) is 5. The van der Waals surface area contributed by atoms with Gasteiger partial charge in [-0.1, -0.05) is 17.7 Å². The lowest BCUT2D eigenvalue weighted by Crippen LogP contribution is -2.13. The van der Waals surface area contributed by atoms with Gasteiger partial charge in [0.05, 0.1) is 11.3 Å². The van der Waals surface area contributed by atoms with Crippen molar-refractivity contribution < 1.29 is 14.3 Å². The first kappa shape index (κ1) is 18.1. The molecule has 7 heteroatoms. The zero-order chi connectivity index (χ0) is 19.5. The van der Waals surface area contributed by atoms with Crippen LogP contribution in [0.25, 0.3) is 0 Å². The minimum Gasteiger partial charge on any atom is -0.454 e.